The second-order valence-electron chi connectivity index (χ2n) is 6.50. The summed E-state index contributed by atoms with van der Waals surface area (Å²) in [6.07, 6.45) is 8.86. The molecular formula is C16H23N3O3S. The van der Waals surface area contributed by atoms with Crippen molar-refractivity contribution in [2.75, 3.05) is 18.8 Å². The minimum atomic E-state index is -3.07. The highest BCUT2D eigenvalue weighted by Crippen LogP contribution is 2.24. The summed E-state index contributed by atoms with van der Waals surface area (Å²) in [5.41, 5.74) is 0. The predicted molar refractivity (Wildman–Crippen MR) is 87.2 cm³/mol. The van der Waals surface area contributed by atoms with E-state index in [2.05, 4.69) is 5.10 Å². The molecule has 0 aromatic carbocycles. The molecule has 23 heavy (non-hydrogen) atoms. The first kappa shape index (κ1) is 16.2. The highest BCUT2D eigenvalue weighted by Gasteiger charge is 2.28. The number of sulfone groups is 1. The largest absolute Gasteiger partial charge is 0.343 e. The number of allylic oxidation sites excluding steroid dienone is 1. The molecule has 3 rings (SSSR count). The van der Waals surface area contributed by atoms with Crippen LogP contribution in [0.5, 0.6) is 0 Å². The van der Waals surface area contributed by atoms with Gasteiger partial charge in [-0.15, -0.1) is 0 Å². The number of piperidine rings is 1. The first-order chi connectivity index (χ1) is 11.0. The maximum absolute atomic E-state index is 12.3. The van der Waals surface area contributed by atoms with Crippen molar-refractivity contribution in [2.24, 2.45) is 11.8 Å². The van der Waals surface area contributed by atoms with Gasteiger partial charge in [-0.25, -0.2) is 8.42 Å². The minimum Gasteiger partial charge on any atom is -0.343 e. The van der Waals surface area contributed by atoms with Gasteiger partial charge in [-0.05, 0) is 31.2 Å². The van der Waals surface area contributed by atoms with Crippen molar-refractivity contribution >= 4 is 15.7 Å². The molecule has 1 aromatic rings. The lowest BCUT2D eigenvalue weighted by Gasteiger charge is -2.32. The van der Waals surface area contributed by atoms with Crippen molar-refractivity contribution in [3.8, 4) is 0 Å². The van der Waals surface area contributed by atoms with Gasteiger partial charge in [0.1, 0.15) is 0 Å². The molecular weight excluding hydrogens is 314 g/mol. The Labute approximate surface area is 137 Å². The van der Waals surface area contributed by atoms with E-state index >= 15 is 0 Å². The summed E-state index contributed by atoms with van der Waals surface area (Å²) in [5.74, 6) is 0.654. The number of hydrogen-bond acceptors (Lipinski definition) is 4. The third-order valence-electron chi connectivity index (χ3n) is 4.73. The van der Waals surface area contributed by atoms with E-state index in [0.717, 1.165) is 38.9 Å². The van der Waals surface area contributed by atoms with E-state index in [1.54, 1.807) is 12.3 Å². The zero-order valence-corrected chi connectivity index (χ0v) is 14.0. The van der Waals surface area contributed by atoms with Crippen molar-refractivity contribution < 1.29 is 13.2 Å². The summed E-state index contributed by atoms with van der Waals surface area (Å²) >= 11 is 0. The predicted octanol–water partition coefficient (Wildman–Crippen LogP) is 1.46. The average Bonchev–Trinajstić information content (AvgIpc) is 3.15. The van der Waals surface area contributed by atoms with Gasteiger partial charge in [-0.1, -0.05) is 6.08 Å². The van der Waals surface area contributed by atoms with E-state index in [1.165, 1.54) is 5.41 Å². The molecule has 0 spiro atoms. The summed E-state index contributed by atoms with van der Waals surface area (Å²) in [6, 6.07) is 1.93. The fourth-order valence-corrected chi connectivity index (χ4v) is 4.74. The van der Waals surface area contributed by atoms with Crippen molar-refractivity contribution in [3.05, 3.63) is 29.9 Å². The van der Waals surface area contributed by atoms with Crippen LogP contribution in [0.4, 0.5) is 0 Å². The fourth-order valence-electron chi connectivity index (χ4n) is 3.34. The number of aryl methyl sites for hydroxylation is 1. The third kappa shape index (κ3) is 4.43. The molecule has 7 heteroatoms. The van der Waals surface area contributed by atoms with Gasteiger partial charge in [0.25, 0.3) is 0 Å². The summed E-state index contributed by atoms with van der Waals surface area (Å²) in [5, 5.41) is 5.45. The number of amides is 1. The van der Waals surface area contributed by atoms with E-state index < -0.39 is 9.84 Å². The van der Waals surface area contributed by atoms with E-state index in [1.807, 2.05) is 21.8 Å². The van der Waals surface area contributed by atoms with Gasteiger partial charge in [-0.2, -0.15) is 5.10 Å². The Morgan fingerprint density at radius 1 is 1.26 bits per heavy atom. The van der Waals surface area contributed by atoms with E-state index in [-0.39, 0.29) is 17.6 Å². The fraction of sp³-hybridized carbons (Fsp3) is 0.625. The number of aromatic nitrogens is 2. The van der Waals surface area contributed by atoms with Crippen molar-refractivity contribution in [3.63, 3.8) is 0 Å². The summed E-state index contributed by atoms with van der Waals surface area (Å²) < 4.78 is 24.7. The summed E-state index contributed by atoms with van der Waals surface area (Å²) in [6.45, 7) is 2.49. The lowest BCUT2D eigenvalue weighted by atomic mass is 9.93. The summed E-state index contributed by atoms with van der Waals surface area (Å²) in [7, 11) is -3.07. The Morgan fingerprint density at radius 3 is 2.65 bits per heavy atom. The van der Waals surface area contributed by atoms with Crippen LogP contribution in [-0.2, 0) is 21.2 Å². The van der Waals surface area contributed by atoms with Gasteiger partial charge in [0.15, 0.2) is 9.84 Å². The number of hydrogen-bond donors (Lipinski definition) is 0. The molecule has 0 aliphatic carbocycles. The smallest absolute Gasteiger partial charge is 0.223 e. The van der Waals surface area contributed by atoms with E-state index in [0.29, 0.717) is 12.3 Å². The van der Waals surface area contributed by atoms with Crippen LogP contribution in [0.2, 0.25) is 0 Å². The molecule has 126 valence electrons. The molecule has 2 aliphatic heterocycles. The van der Waals surface area contributed by atoms with Gasteiger partial charge in [-0.3, -0.25) is 9.48 Å². The maximum atomic E-state index is 12.3. The van der Waals surface area contributed by atoms with Gasteiger partial charge < -0.3 is 4.90 Å². The van der Waals surface area contributed by atoms with E-state index in [9.17, 15) is 13.2 Å². The van der Waals surface area contributed by atoms with Gasteiger partial charge in [0.05, 0.1) is 5.75 Å². The van der Waals surface area contributed by atoms with E-state index in [4.69, 9.17) is 0 Å². The Balaban J connectivity index is 1.40. The summed E-state index contributed by atoms with van der Waals surface area (Å²) in [4.78, 5) is 14.2. The number of nitrogens with zero attached hydrogens (tertiary/aromatic N) is 3. The quantitative estimate of drug-likeness (QED) is 0.815. The monoisotopic (exact) mass is 337 g/mol. The number of carbonyl (C=O) groups excluding carboxylic acids is 1. The second-order valence-corrected chi connectivity index (χ2v) is 8.44. The molecule has 0 unspecified atom stereocenters. The number of carbonyl (C=O) groups is 1. The molecule has 0 N–H and O–H groups in total. The van der Waals surface area contributed by atoms with Crippen LogP contribution in [-0.4, -0.2) is 47.8 Å². The molecule has 1 amide bonds. The molecule has 1 saturated heterocycles. The van der Waals surface area contributed by atoms with Crippen LogP contribution in [0.15, 0.2) is 29.9 Å². The Kier molecular flexibility index (Phi) is 4.84. The first-order valence-electron chi connectivity index (χ1n) is 8.18. The lowest BCUT2D eigenvalue weighted by Crippen LogP contribution is -2.39. The normalized spacial score (nSPS) is 24.2. The standard InChI is InChI=1S/C16H23N3O3S/c20-16(12-15-5-11-23(21,22)13-15)18-8-2-14(3-9-18)4-10-19-7-1-6-17-19/h1,5-7,11,14-15H,2-4,8-10,12-13H2/t15-/m1/s1. The zero-order chi connectivity index (χ0) is 16.3. The topological polar surface area (TPSA) is 72.3 Å². The highest BCUT2D eigenvalue weighted by molar-refractivity contribution is 7.94. The van der Waals surface area contributed by atoms with Gasteiger partial charge in [0, 0.05) is 49.8 Å². The number of rotatable bonds is 5. The first-order valence-corrected chi connectivity index (χ1v) is 9.89. The van der Waals surface area contributed by atoms with Crippen LogP contribution < -0.4 is 0 Å². The Bertz CT molecular complexity index is 659. The maximum Gasteiger partial charge on any atom is 0.223 e. The molecule has 1 aromatic heterocycles. The van der Waals surface area contributed by atoms with Crippen molar-refractivity contribution in [1.82, 2.24) is 14.7 Å². The third-order valence-corrected chi connectivity index (χ3v) is 6.20. The second kappa shape index (κ2) is 6.86. The zero-order valence-electron chi connectivity index (χ0n) is 13.2. The molecule has 1 fully saturated rings. The number of likely N-dealkylation sites (tertiary alicyclic amines) is 1. The van der Waals surface area contributed by atoms with Gasteiger partial charge in [0.2, 0.25) is 5.91 Å². The van der Waals surface area contributed by atoms with Gasteiger partial charge >= 0.3 is 0 Å². The average molecular weight is 337 g/mol. The minimum absolute atomic E-state index is 0.0824. The molecule has 0 saturated carbocycles. The molecule has 3 heterocycles. The van der Waals surface area contributed by atoms with Crippen molar-refractivity contribution in [2.45, 2.75) is 32.2 Å². The Hall–Kier alpha value is -1.63. The van der Waals surface area contributed by atoms with Crippen LogP contribution >= 0.6 is 0 Å². The van der Waals surface area contributed by atoms with Crippen LogP contribution in [0, 0.1) is 11.8 Å². The highest BCUT2D eigenvalue weighted by atomic mass is 32.2. The molecule has 0 bridgehead atoms. The van der Waals surface area contributed by atoms with Crippen LogP contribution in [0.3, 0.4) is 0 Å². The van der Waals surface area contributed by atoms with Crippen LogP contribution in [0.1, 0.15) is 25.7 Å². The molecule has 0 radical (unpaired) electrons. The molecule has 2 aliphatic rings. The lowest BCUT2D eigenvalue weighted by molar-refractivity contribution is -0.133. The van der Waals surface area contributed by atoms with Crippen LogP contribution in [0.25, 0.3) is 0 Å². The molecule has 1 atom stereocenters. The SMILES string of the molecule is O=C(C[C@H]1C=CS(=O)(=O)C1)N1CCC(CCn2cccn2)CC1. The molecule has 6 nitrogen and oxygen atoms in total. The van der Waals surface area contributed by atoms with Crippen molar-refractivity contribution in [1.29, 1.82) is 0 Å². The Morgan fingerprint density at radius 2 is 2.04 bits per heavy atom.